The Kier molecular flexibility index (Phi) is 2.98. The maximum atomic E-state index is 2.24. The van der Waals surface area contributed by atoms with E-state index in [1.54, 1.807) is 4.90 Å². The van der Waals surface area contributed by atoms with Crippen LogP contribution in [0.15, 0.2) is 30.3 Å². The maximum absolute atomic E-state index is 2.24. The number of likely N-dealkylation sites (tertiary alicyclic amines) is 1. The van der Waals surface area contributed by atoms with Gasteiger partial charge in [-0.05, 0) is 19.3 Å². The summed E-state index contributed by atoms with van der Waals surface area (Å²) < 4.78 is 0. The average molecular weight is 176 g/mol. The summed E-state index contributed by atoms with van der Waals surface area (Å²) >= 11 is 0. The summed E-state index contributed by atoms with van der Waals surface area (Å²) in [6.07, 6.45) is 4.28. The molecule has 0 spiro atoms. The van der Waals surface area contributed by atoms with Crippen LogP contribution in [-0.2, 0) is 6.54 Å². The molecule has 13 heavy (non-hydrogen) atoms. The Morgan fingerprint density at radius 1 is 0.923 bits per heavy atom. The molecule has 2 rings (SSSR count). The van der Waals surface area contributed by atoms with Gasteiger partial charge in [0.15, 0.2) is 0 Å². The number of benzene rings is 1. The van der Waals surface area contributed by atoms with Gasteiger partial charge in [0.2, 0.25) is 0 Å². The number of piperidine rings is 1. The van der Waals surface area contributed by atoms with Crippen LogP contribution in [0.1, 0.15) is 24.8 Å². The van der Waals surface area contributed by atoms with Gasteiger partial charge in [0.05, 0.1) is 13.1 Å². The predicted molar refractivity (Wildman–Crippen MR) is 54.7 cm³/mol. The fourth-order valence-corrected chi connectivity index (χ4v) is 2.11. The van der Waals surface area contributed by atoms with Gasteiger partial charge in [-0.2, -0.15) is 0 Å². The molecule has 0 aliphatic carbocycles. The topological polar surface area (TPSA) is 4.44 Å². The van der Waals surface area contributed by atoms with Gasteiger partial charge in [0.1, 0.15) is 6.54 Å². The van der Waals surface area contributed by atoms with Crippen LogP contribution in [-0.4, -0.2) is 13.1 Å². The van der Waals surface area contributed by atoms with E-state index in [0.717, 1.165) is 0 Å². The van der Waals surface area contributed by atoms with E-state index in [4.69, 9.17) is 0 Å². The van der Waals surface area contributed by atoms with Crippen molar-refractivity contribution >= 4 is 0 Å². The van der Waals surface area contributed by atoms with Crippen LogP contribution >= 0.6 is 0 Å². The van der Waals surface area contributed by atoms with Crippen LogP contribution in [0.5, 0.6) is 0 Å². The lowest BCUT2D eigenvalue weighted by Crippen LogP contribution is -3.11. The molecule has 70 valence electrons. The monoisotopic (exact) mass is 176 g/mol. The van der Waals surface area contributed by atoms with Crippen LogP contribution in [0, 0.1) is 0 Å². The maximum Gasteiger partial charge on any atom is 0.103 e. The molecule has 1 aliphatic heterocycles. The lowest BCUT2D eigenvalue weighted by Gasteiger charge is -2.23. The van der Waals surface area contributed by atoms with Gasteiger partial charge >= 0.3 is 0 Å². The molecule has 1 N–H and O–H groups in total. The Balaban J connectivity index is 1.90. The van der Waals surface area contributed by atoms with Crippen molar-refractivity contribution in [3.63, 3.8) is 0 Å². The summed E-state index contributed by atoms with van der Waals surface area (Å²) in [4.78, 5) is 1.76. The predicted octanol–water partition coefficient (Wildman–Crippen LogP) is 1.26. The van der Waals surface area contributed by atoms with Crippen molar-refractivity contribution in [2.45, 2.75) is 25.8 Å². The van der Waals surface area contributed by atoms with E-state index < -0.39 is 0 Å². The van der Waals surface area contributed by atoms with Crippen molar-refractivity contribution in [1.29, 1.82) is 0 Å². The summed E-state index contributed by atoms with van der Waals surface area (Å²) in [7, 11) is 0. The Morgan fingerprint density at radius 3 is 2.31 bits per heavy atom. The van der Waals surface area contributed by atoms with Crippen molar-refractivity contribution in [3.05, 3.63) is 35.9 Å². The molecule has 1 aromatic carbocycles. The Bertz CT molecular complexity index is 237. The van der Waals surface area contributed by atoms with Crippen LogP contribution in [0.2, 0.25) is 0 Å². The number of hydrogen-bond acceptors (Lipinski definition) is 0. The van der Waals surface area contributed by atoms with Gasteiger partial charge in [-0.1, -0.05) is 30.3 Å². The highest BCUT2D eigenvalue weighted by molar-refractivity contribution is 5.13. The number of hydrogen-bond donors (Lipinski definition) is 1. The summed E-state index contributed by atoms with van der Waals surface area (Å²) in [5.74, 6) is 0. The summed E-state index contributed by atoms with van der Waals surface area (Å²) in [5, 5.41) is 0. The third-order valence-electron chi connectivity index (χ3n) is 2.86. The van der Waals surface area contributed by atoms with Crippen molar-refractivity contribution in [1.82, 2.24) is 0 Å². The van der Waals surface area contributed by atoms with Gasteiger partial charge < -0.3 is 4.90 Å². The van der Waals surface area contributed by atoms with Crippen LogP contribution in [0.25, 0.3) is 0 Å². The van der Waals surface area contributed by atoms with Gasteiger partial charge in [0.25, 0.3) is 0 Å². The highest BCUT2D eigenvalue weighted by atomic mass is 15.1. The molecule has 0 amide bonds. The Hall–Kier alpha value is -0.820. The van der Waals surface area contributed by atoms with Crippen molar-refractivity contribution in [2.75, 3.05) is 13.1 Å². The molecular weight excluding hydrogens is 158 g/mol. The molecule has 1 aliphatic rings. The molecule has 1 heterocycles. The van der Waals surface area contributed by atoms with E-state index in [9.17, 15) is 0 Å². The first-order chi connectivity index (χ1) is 6.45. The van der Waals surface area contributed by atoms with E-state index in [2.05, 4.69) is 30.3 Å². The van der Waals surface area contributed by atoms with Crippen molar-refractivity contribution < 1.29 is 4.90 Å². The quantitative estimate of drug-likeness (QED) is 0.692. The number of rotatable bonds is 2. The third kappa shape index (κ3) is 2.56. The SMILES string of the molecule is c1ccc(C[NH+]2CCCCC2)cc1. The second-order valence-corrected chi connectivity index (χ2v) is 3.97. The molecule has 1 nitrogen and oxygen atoms in total. The molecule has 1 aromatic rings. The lowest BCUT2D eigenvalue weighted by atomic mass is 10.1. The summed E-state index contributed by atoms with van der Waals surface area (Å²) in [6, 6.07) is 10.8. The van der Waals surface area contributed by atoms with Crippen LogP contribution in [0.4, 0.5) is 0 Å². The molecule has 0 unspecified atom stereocenters. The van der Waals surface area contributed by atoms with Crippen molar-refractivity contribution in [3.8, 4) is 0 Å². The normalized spacial score (nSPS) is 18.8. The molecule has 1 heteroatoms. The molecule has 0 atom stereocenters. The Labute approximate surface area is 80.4 Å². The van der Waals surface area contributed by atoms with E-state index >= 15 is 0 Å². The van der Waals surface area contributed by atoms with E-state index in [1.807, 2.05) is 0 Å². The van der Waals surface area contributed by atoms with Crippen LogP contribution < -0.4 is 4.90 Å². The standard InChI is InChI=1S/C12H17N/c1-3-7-12(8-4-1)11-13-9-5-2-6-10-13/h1,3-4,7-8H,2,5-6,9-11H2/p+1. The zero-order chi connectivity index (χ0) is 8.93. The first-order valence-corrected chi connectivity index (χ1v) is 5.32. The molecule has 0 radical (unpaired) electrons. The molecule has 0 aromatic heterocycles. The van der Waals surface area contributed by atoms with E-state index in [-0.39, 0.29) is 0 Å². The average Bonchev–Trinajstić information content (AvgIpc) is 2.21. The van der Waals surface area contributed by atoms with Crippen LogP contribution in [0.3, 0.4) is 0 Å². The third-order valence-corrected chi connectivity index (χ3v) is 2.86. The molecular formula is C12H18N+. The van der Waals surface area contributed by atoms with Gasteiger partial charge in [0, 0.05) is 5.56 Å². The molecule has 1 saturated heterocycles. The minimum absolute atomic E-state index is 1.22. The second kappa shape index (κ2) is 4.43. The molecule has 0 bridgehead atoms. The molecule has 1 fully saturated rings. The summed E-state index contributed by atoms with van der Waals surface area (Å²) in [6.45, 7) is 3.96. The van der Waals surface area contributed by atoms with Gasteiger partial charge in [-0.3, -0.25) is 0 Å². The van der Waals surface area contributed by atoms with Crippen molar-refractivity contribution in [2.24, 2.45) is 0 Å². The minimum atomic E-state index is 1.22. The number of nitrogens with one attached hydrogen (secondary N) is 1. The largest absolute Gasteiger partial charge is 0.331 e. The smallest absolute Gasteiger partial charge is 0.103 e. The fraction of sp³-hybridized carbons (Fsp3) is 0.500. The van der Waals surface area contributed by atoms with Gasteiger partial charge in [-0.15, -0.1) is 0 Å². The number of quaternary nitrogens is 1. The first kappa shape index (κ1) is 8.76. The highest BCUT2D eigenvalue weighted by Crippen LogP contribution is 1.99. The minimum Gasteiger partial charge on any atom is -0.331 e. The Morgan fingerprint density at radius 2 is 1.62 bits per heavy atom. The van der Waals surface area contributed by atoms with E-state index in [0.29, 0.717) is 0 Å². The highest BCUT2D eigenvalue weighted by Gasteiger charge is 2.12. The summed E-state index contributed by atoms with van der Waals surface area (Å²) in [5.41, 5.74) is 1.49. The lowest BCUT2D eigenvalue weighted by molar-refractivity contribution is -0.918. The van der Waals surface area contributed by atoms with Gasteiger partial charge in [-0.25, -0.2) is 0 Å². The fourth-order valence-electron chi connectivity index (χ4n) is 2.11. The zero-order valence-corrected chi connectivity index (χ0v) is 8.13. The zero-order valence-electron chi connectivity index (χ0n) is 8.13. The first-order valence-electron chi connectivity index (χ1n) is 5.32. The second-order valence-electron chi connectivity index (χ2n) is 3.97. The van der Waals surface area contributed by atoms with E-state index in [1.165, 1.54) is 44.5 Å². The molecule has 0 saturated carbocycles.